The van der Waals surface area contributed by atoms with E-state index < -0.39 is 46.3 Å². The number of amides is 3. The van der Waals surface area contributed by atoms with E-state index in [1.165, 1.54) is 6.92 Å². The lowest BCUT2D eigenvalue weighted by molar-refractivity contribution is -0.462. The summed E-state index contributed by atoms with van der Waals surface area (Å²) >= 11 is 0. The minimum atomic E-state index is -4.81. The normalized spacial score (nSPS) is 24.9. The minimum Gasteiger partial charge on any atom is -0.439 e. The SMILES string of the molecule is CC(OC#CC1(c2ccccc2)CC2(C1)NC(=O)[NH2+]C2=O)c1cc(C(C)(F)F)cc(C(F)(F)F)c1. The topological polar surface area (TPSA) is 72.0 Å². The number of benzene rings is 2. The molecule has 3 N–H and O–H groups in total. The highest BCUT2D eigenvalue weighted by atomic mass is 19.4. The first-order valence-corrected chi connectivity index (χ1v) is 10.8. The first-order valence-electron chi connectivity index (χ1n) is 10.8. The molecule has 1 aliphatic carbocycles. The molecule has 35 heavy (non-hydrogen) atoms. The van der Waals surface area contributed by atoms with E-state index in [0.717, 1.165) is 23.0 Å². The average molecular weight is 493 g/mol. The standard InChI is InChI=1S/C25H21F5N2O3/c1-15(16-10-18(22(2,26)27)12-19(11-16)25(28,29)30)35-9-8-23(17-6-4-3-5-7-17)13-24(14-23)20(33)31-21(34)32-24/h3-7,10-12,15H,13-14H2,1-2H3,(H2,31,32,33,34)/p+1. The van der Waals surface area contributed by atoms with Crippen molar-refractivity contribution in [3.63, 3.8) is 0 Å². The Labute approximate surface area is 198 Å². The van der Waals surface area contributed by atoms with Crippen LogP contribution in [0.4, 0.5) is 26.7 Å². The molecule has 1 saturated heterocycles. The fraction of sp³-hybridized carbons (Fsp3) is 0.360. The summed E-state index contributed by atoms with van der Waals surface area (Å²) < 4.78 is 72.9. The minimum absolute atomic E-state index is 0.0997. The zero-order valence-corrected chi connectivity index (χ0v) is 18.8. The molecule has 5 nitrogen and oxygen atoms in total. The van der Waals surface area contributed by atoms with Crippen LogP contribution >= 0.6 is 0 Å². The number of halogens is 5. The van der Waals surface area contributed by atoms with Gasteiger partial charge in [-0.2, -0.15) is 18.5 Å². The predicted molar refractivity (Wildman–Crippen MR) is 114 cm³/mol. The van der Waals surface area contributed by atoms with Gasteiger partial charge in [-0.25, -0.2) is 18.4 Å². The molecule has 0 aromatic heterocycles. The molecule has 184 valence electrons. The predicted octanol–water partition coefficient (Wildman–Crippen LogP) is 4.14. The van der Waals surface area contributed by atoms with Gasteiger partial charge in [-0.3, -0.25) is 5.32 Å². The highest BCUT2D eigenvalue weighted by Gasteiger charge is 2.66. The fourth-order valence-electron chi connectivity index (χ4n) is 4.54. The Balaban J connectivity index is 1.61. The van der Waals surface area contributed by atoms with Crippen LogP contribution in [0.5, 0.6) is 0 Å². The van der Waals surface area contributed by atoms with E-state index in [-0.39, 0.29) is 24.3 Å². The number of ether oxygens (including phenoxy) is 1. The number of nitrogens with two attached hydrogens (primary N) is 1. The van der Waals surface area contributed by atoms with Crippen LogP contribution in [-0.4, -0.2) is 17.5 Å². The number of hydrogen-bond acceptors (Lipinski definition) is 3. The Morgan fingerprint density at radius 3 is 2.20 bits per heavy atom. The first kappa shape index (κ1) is 24.7. The van der Waals surface area contributed by atoms with Crippen molar-refractivity contribution in [3.8, 4) is 12.0 Å². The summed E-state index contributed by atoms with van der Waals surface area (Å²) in [5, 5.41) is 3.69. The van der Waals surface area contributed by atoms with Gasteiger partial charge in [0.15, 0.2) is 5.54 Å². The maximum Gasteiger partial charge on any atom is 0.421 e. The molecule has 1 spiro atoms. The Bertz CT molecular complexity index is 1190. The quantitative estimate of drug-likeness (QED) is 0.382. The maximum atomic E-state index is 13.8. The van der Waals surface area contributed by atoms with E-state index >= 15 is 0 Å². The molecular formula is C25H22F5N2O3+. The van der Waals surface area contributed by atoms with Crippen molar-refractivity contribution < 1.29 is 41.6 Å². The molecule has 1 aliphatic heterocycles. The summed E-state index contributed by atoms with van der Waals surface area (Å²) in [5.41, 5.74) is -3.18. The summed E-state index contributed by atoms with van der Waals surface area (Å²) in [6, 6.07) is 10.7. The van der Waals surface area contributed by atoms with E-state index in [0.29, 0.717) is 13.0 Å². The molecule has 3 amide bonds. The third-order valence-electron chi connectivity index (χ3n) is 6.41. The molecule has 1 heterocycles. The average Bonchev–Trinajstić information content (AvgIpc) is 3.05. The third kappa shape index (κ3) is 4.73. The Hall–Kier alpha value is -3.45. The van der Waals surface area contributed by atoms with Gasteiger partial charge in [0.25, 0.3) is 5.92 Å². The second-order valence-electron chi connectivity index (χ2n) is 9.10. The van der Waals surface area contributed by atoms with Crippen molar-refractivity contribution >= 4 is 11.9 Å². The number of imide groups is 1. The number of urea groups is 1. The third-order valence-corrected chi connectivity index (χ3v) is 6.41. The summed E-state index contributed by atoms with van der Waals surface area (Å²) in [4.78, 5) is 24.0. The molecule has 1 atom stereocenters. The summed E-state index contributed by atoms with van der Waals surface area (Å²) in [7, 11) is 0. The summed E-state index contributed by atoms with van der Waals surface area (Å²) in [6.07, 6.45) is -2.94. The molecule has 4 rings (SSSR count). The molecule has 1 saturated carbocycles. The van der Waals surface area contributed by atoms with Crippen molar-refractivity contribution in [1.82, 2.24) is 5.32 Å². The van der Waals surface area contributed by atoms with Gasteiger partial charge in [0.2, 0.25) is 0 Å². The van der Waals surface area contributed by atoms with Crippen LogP contribution < -0.4 is 10.6 Å². The van der Waals surface area contributed by atoms with Gasteiger partial charge in [-0.15, -0.1) is 0 Å². The molecule has 2 aliphatic rings. The Morgan fingerprint density at radius 2 is 1.66 bits per heavy atom. The van der Waals surface area contributed by atoms with Crippen LogP contribution in [0, 0.1) is 12.0 Å². The van der Waals surface area contributed by atoms with Crippen LogP contribution in [0.1, 0.15) is 55.0 Å². The highest BCUT2D eigenvalue weighted by Crippen LogP contribution is 2.50. The lowest BCUT2D eigenvalue weighted by Crippen LogP contribution is -2.90. The Kier molecular flexibility index (Phi) is 5.88. The van der Waals surface area contributed by atoms with Gasteiger partial charge in [-0.05, 0) is 42.2 Å². The molecule has 1 unspecified atom stereocenters. The number of nitrogens with one attached hydrogen (secondary N) is 1. The largest absolute Gasteiger partial charge is 0.439 e. The second-order valence-corrected chi connectivity index (χ2v) is 9.10. The van der Waals surface area contributed by atoms with Crippen LogP contribution in [0.15, 0.2) is 48.5 Å². The summed E-state index contributed by atoms with van der Waals surface area (Å²) in [6.45, 7) is 1.93. The van der Waals surface area contributed by atoms with Gasteiger partial charge < -0.3 is 4.74 Å². The number of rotatable bonds is 4. The van der Waals surface area contributed by atoms with Crippen LogP contribution in [0.3, 0.4) is 0 Å². The van der Waals surface area contributed by atoms with Crippen LogP contribution in [-0.2, 0) is 27.0 Å². The number of carbonyl (C=O) groups is 2. The molecular weight excluding hydrogens is 471 g/mol. The fourth-order valence-corrected chi connectivity index (χ4v) is 4.54. The van der Waals surface area contributed by atoms with E-state index in [2.05, 4.69) is 17.3 Å². The van der Waals surface area contributed by atoms with Crippen LogP contribution in [0.25, 0.3) is 0 Å². The zero-order valence-electron chi connectivity index (χ0n) is 18.8. The molecule has 2 aromatic carbocycles. The molecule has 10 heteroatoms. The second kappa shape index (κ2) is 8.34. The lowest BCUT2D eigenvalue weighted by atomic mass is 9.55. The monoisotopic (exact) mass is 493 g/mol. The number of carbonyl (C=O) groups excluding carboxylic acids is 2. The van der Waals surface area contributed by atoms with Gasteiger partial charge >= 0.3 is 18.1 Å². The lowest BCUT2D eigenvalue weighted by Gasteiger charge is -2.48. The number of quaternary nitrogens is 1. The molecule has 0 radical (unpaired) electrons. The number of primary amides is 2. The van der Waals surface area contributed by atoms with Crippen molar-refractivity contribution in [3.05, 3.63) is 70.8 Å². The molecule has 2 aromatic rings. The maximum absolute atomic E-state index is 13.8. The highest BCUT2D eigenvalue weighted by molar-refractivity contribution is 5.95. The van der Waals surface area contributed by atoms with Gasteiger partial charge in [0.1, 0.15) is 12.2 Å². The van der Waals surface area contributed by atoms with Crippen molar-refractivity contribution in [2.75, 3.05) is 0 Å². The van der Waals surface area contributed by atoms with Crippen molar-refractivity contribution in [2.45, 2.75) is 55.8 Å². The Morgan fingerprint density at radius 1 is 1.03 bits per heavy atom. The van der Waals surface area contributed by atoms with Crippen molar-refractivity contribution in [1.29, 1.82) is 0 Å². The number of hydrogen-bond donors (Lipinski definition) is 2. The van der Waals surface area contributed by atoms with E-state index in [1.54, 1.807) is 12.1 Å². The van der Waals surface area contributed by atoms with Crippen molar-refractivity contribution in [2.24, 2.45) is 0 Å². The van der Waals surface area contributed by atoms with E-state index in [9.17, 15) is 31.5 Å². The first-order chi connectivity index (χ1) is 16.2. The summed E-state index contributed by atoms with van der Waals surface area (Å²) in [5.74, 6) is -0.843. The van der Waals surface area contributed by atoms with E-state index in [1.807, 2.05) is 18.2 Å². The molecule has 0 bridgehead atoms. The smallest absolute Gasteiger partial charge is 0.421 e. The zero-order chi connectivity index (χ0) is 25.6. The van der Waals surface area contributed by atoms with E-state index in [4.69, 9.17) is 4.74 Å². The van der Waals surface area contributed by atoms with Gasteiger partial charge in [0, 0.05) is 25.3 Å². The van der Waals surface area contributed by atoms with Gasteiger partial charge in [0.05, 0.1) is 11.0 Å². The van der Waals surface area contributed by atoms with Gasteiger partial charge in [-0.1, -0.05) is 30.3 Å². The molecule has 2 fully saturated rings. The van der Waals surface area contributed by atoms with Crippen LogP contribution in [0.2, 0.25) is 0 Å². The number of alkyl halides is 5.